The molecule has 1 aromatic rings. The van der Waals surface area contributed by atoms with Gasteiger partial charge in [0.05, 0.1) is 0 Å². The van der Waals surface area contributed by atoms with Crippen molar-refractivity contribution in [2.75, 3.05) is 6.54 Å². The summed E-state index contributed by atoms with van der Waals surface area (Å²) < 4.78 is 2.37. The smallest absolute Gasteiger partial charge is 0.0329 e. The van der Waals surface area contributed by atoms with Gasteiger partial charge in [-0.2, -0.15) is 0 Å². The lowest BCUT2D eigenvalue weighted by atomic mass is 10.0. The Morgan fingerprint density at radius 2 is 1.87 bits per heavy atom. The van der Waals surface area contributed by atoms with Crippen molar-refractivity contribution in [1.29, 1.82) is 0 Å². The Balaban J connectivity index is 3.06. The lowest BCUT2D eigenvalue weighted by molar-refractivity contribution is 0.535. The molecule has 84 valence electrons. The molecule has 0 spiro atoms. The van der Waals surface area contributed by atoms with Gasteiger partial charge in [-0.25, -0.2) is 0 Å². The number of benzene rings is 1. The van der Waals surface area contributed by atoms with E-state index >= 15 is 0 Å². The van der Waals surface area contributed by atoms with Crippen LogP contribution in [-0.4, -0.2) is 6.54 Å². The van der Waals surface area contributed by atoms with Crippen LogP contribution in [0.1, 0.15) is 37.4 Å². The van der Waals surface area contributed by atoms with Gasteiger partial charge in [0.15, 0.2) is 0 Å². The van der Waals surface area contributed by atoms with E-state index in [-0.39, 0.29) is 0 Å². The van der Waals surface area contributed by atoms with Crippen molar-refractivity contribution in [1.82, 2.24) is 5.32 Å². The van der Waals surface area contributed by atoms with Crippen molar-refractivity contribution in [3.05, 3.63) is 32.2 Å². The van der Waals surface area contributed by atoms with Crippen molar-refractivity contribution < 1.29 is 0 Å². The molecule has 0 saturated heterocycles. The summed E-state index contributed by atoms with van der Waals surface area (Å²) in [6.07, 6.45) is 1.10. The van der Waals surface area contributed by atoms with Crippen LogP contribution in [0.3, 0.4) is 0 Å². The fourth-order valence-electron chi connectivity index (χ4n) is 1.65. The van der Waals surface area contributed by atoms with Crippen LogP contribution in [0.15, 0.2) is 21.1 Å². The van der Waals surface area contributed by atoms with Gasteiger partial charge in [0, 0.05) is 15.0 Å². The van der Waals surface area contributed by atoms with Crippen molar-refractivity contribution in [2.45, 2.75) is 33.2 Å². The molecule has 0 amide bonds. The van der Waals surface area contributed by atoms with E-state index in [0.717, 1.165) is 13.0 Å². The molecule has 0 heterocycles. The zero-order valence-electron chi connectivity index (χ0n) is 9.40. The van der Waals surface area contributed by atoms with Crippen LogP contribution < -0.4 is 5.32 Å². The predicted molar refractivity (Wildman–Crippen MR) is 73.3 cm³/mol. The topological polar surface area (TPSA) is 12.0 Å². The van der Waals surface area contributed by atoms with Gasteiger partial charge in [0.1, 0.15) is 0 Å². The average Bonchev–Trinajstić information content (AvgIpc) is 2.20. The molecule has 0 saturated carbocycles. The summed E-state index contributed by atoms with van der Waals surface area (Å²) >= 11 is 7.21. The minimum Gasteiger partial charge on any atom is -0.310 e. The van der Waals surface area contributed by atoms with E-state index in [1.807, 2.05) is 0 Å². The van der Waals surface area contributed by atoms with Crippen molar-refractivity contribution in [3.8, 4) is 0 Å². The van der Waals surface area contributed by atoms with Crippen LogP contribution in [0.4, 0.5) is 0 Å². The normalized spacial score (nSPS) is 12.9. The minimum absolute atomic E-state index is 0.432. The van der Waals surface area contributed by atoms with Gasteiger partial charge in [-0.3, -0.25) is 0 Å². The quantitative estimate of drug-likeness (QED) is 0.849. The zero-order valence-corrected chi connectivity index (χ0v) is 12.6. The highest BCUT2D eigenvalue weighted by molar-refractivity contribution is 9.11. The second kappa shape index (κ2) is 6.02. The molecule has 15 heavy (non-hydrogen) atoms. The molecule has 0 aliphatic carbocycles. The zero-order chi connectivity index (χ0) is 11.4. The van der Waals surface area contributed by atoms with E-state index < -0.39 is 0 Å². The van der Waals surface area contributed by atoms with Crippen molar-refractivity contribution >= 4 is 31.9 Å². The summed E-state index contributed by atoms with van der Waals surface area (Å²) in [5.74, 6) is 0. The lowest BCUT2D eigenvalue weighted by Gasteiger charge is -2.19. The molecular formula is C12H17Br2N. The van der Waals surface area contributed by atoms with Crippen LogP contribution in [0.25, 0.3) is 0 Å². The second-order valence-corrected chi connectivity index (χ2v) is 5.35. The molecule has 1 unspecified atom stereocenters. The summed E-state index contributed by atoms with van der Waals surface area (Å²) in [4.78, 5) is 0. The summed E-state index contributed by atoms with van der Waals surface area (Å²) in [5, 5.41) is 3.49. The third kappa shape index (κ3) is 3.30. The van der Waals surface area contributed by atoms with Gasteiger partial charge in [-0.05, 0) is 43.1 Å². The maximum Gasteiger partial charge on any atom is 0.0329 e. The maximum absolute atomic E-state index is 3.63. The van der Waals surface area contributed by atoms with Crippen LogP contribution >= 0.6 is 31.9 Å². The molecule has 1 atom stereocenters. The Bertz CT molecular complexity index is 337. The lowest BCUT2D eigenvalue weighted by Crippen LogP contribution is -2.20. The third-order valence-electron chi connectivity index (χ3n) is 2.51. The molecule has 0 aliphatic heterocycles. The van der Waals surface area contributed by atoms with E-state index in [9.17, 15) is 0 Å². The molecule has 1 rings (SSSR count). The molecular weight excluding hydrogens is 318 g/mol. The predicted octanol–water partition coefficient (Wildman–Crippen LogP) is 4.58. The summed E-state index contributed by atoms with van der Waals surface area (Å²) in [7, 11) is 0. The number of rotatable bonds is 4. The first-order valence-corrected chi connectivity index (χ1v) is 6.87. The molecule has 0 fully saturated rings. The van der Waals surface area contributed by atoms with Crippen LogP contribution in [0.2, 0.25) is 0 Å². The third-order valence-corrected chi connectivity index (χ3v) is 4.05. The summed E-state index contributed by atoms with van der Waals surface area (Å²) in [6.45, 7) is 7.44. The van der Waals surface area contributed by atoms with Crippen molar-refractivity contribution in [3.63, 3.8) is 0 Å². The summed E-state index contributed by atoms with van der Waals surface area (Å²) in [5.41, 5.74) is 2.59. The maximum atomic E-state index is 3.63. The Morgan fingerprint density at radius 3 is 2.40 bits per heavy atom. The van der Waals surface area contributed by atoms with Gasteiger partial charge in [-0.15, -0.1) is 0 Å². The van der Waals surface area contributed by atoms with Gasteiger partial charge in [0.2, 0.25) is 0 Å². The van der Waals surface area contributed by atoms with E-state index in [0.29, 0.717) is 6.04 Å². The highest BCUT2D eigenvalue weighted by atomic mass is 79.9. The number of halogens is 2. The van der Waals surface area contributed by atoms with Crippen LogP contribution in [0, 0.1) is 6.92 Å². The molecule has 0 radical (unpaired) electrons. The number of aryl methyl sites for hydroxylation is 1. The van der Waals surface area contributed by atoms with E-state index in [1.165, 1.54) is 20.1 Å². The fraction of sp³-hybridized carbons (Fsp3) is 0.500. The molecule has 0 aromatic heterocycles. The molecule has 0 aliphatic rings. The van der Waals surface area contributed by atoms with Gasteiger partial charge in [0.25, 0.3) is 0 Å². The first-order chi connectivity index (χ1) is 7.10. The van der Waals surface area contributed by atoms with E-state index in [4.69, 9.17) is 0 Å². The highest BCUT2D eigenvalue weighted by Gasteiger charge is 2.12. The Kier molecular flexibility index (Phi) is 5.30. The number of hydrogen-bond acceptors (Lipinski definition) is 1. The number of hydrogen-bond donors (Lipinski definition) is 1. The van der Waals surface area contributed by atoms with Crippen molar-refractivity contribution in [2.24, 2.45) is 0 Å². The Morgan fingerprint density at radius 1 is 1.20 bits per heavy atom. The molecule has 3 heteroatoms. The standard InChI is InChI=1S/C12H17Br2N/c1-4-12(15-5-2)9-7-10(13)8(3)6-11(9)14/h6-7,12,15H,4-5H2,1-3H3. The fourth-order valence-corrected chi connectivity index (χ4v) is 2.74. The molecule has 0 bridgehead atoms. The second-order valence-electron chi connectivity index (χ2n) is 3.64. The van der Waals surface area contributed by atoms with E-state index in [2.05, 4.69) is 70.1 Å². The largest absolute Gasteiger partial charge is 0.310 e. The highest BCUT2D eigenvalue weighted by Crippen LogP contribution is 2.30. The molecule has 1 aromatic carbocycles. The monoisotopic (exact) mass is 333 g/mol. The first kappa shape index (κ1) is 13.2. The molecule has 1 nitrogen and oxygen atoms in total. The van der Waals surface area contributed by atoms with Crippen LogP contribution in [0.5, 0.6) is 0 Å². The Hall–Kier alpha value is 0.140. The summed E-state index contributed by atoms with van der Waals surface area (Å²) in [6, 6.07) is 4.80. The Labute approximate surface area is 109 Å². The van der Waals surface area contributed by atoms with Gasteiger partial charge >= 0.3 is 0 Å². The van der Waals surface area contributed by atoms with Gasteiger partial charge < -0.3 is 5.32 Å². The SMILES string of the molecule is CCNC(CC)c1cc(Br)c(C)cc1Br. The minimum atomic E-state index is 0.432. The molecule has 1 N–H and O–H groups in total. The first-order valence-electron chi connectivity index (χ1n) is 5.29. The van der Waals surface area contributed by atoms with Gasteiger partial charge in [-0.1, -0.05) is 45.7 Å². The van der Waals surface area contributed by atoms with E-state index in [1.54, 1.807) is 0 Å². The van der Waals surface area contributed by atoms with Crippen LogP contribution in [-0.2, 0) is 0 Å². The average molecular weight is 335 g/mol. The number of nitrogens with one attached hydrogen (secondary N) is 1.